The molecule has 40 heavy (non-hydrogen) atoms. The van der Waals surface area contributed by atoms with Crippen molar-refractivity contribution in [2.45, 2.75) is 69.4 Å². The summed E-state index contributed by atoms with van der Waals surface area (Å²) in [6, 6.07) is 22.7. The van der Waals surface area contributed by atoms with Crippen molar-refractivity contribution in [3.05, 3.63) is 89.5 Å². The van der Waals surface area contributed by atoms with E-state index < -0.39 is 22.1 Å². The van der Waals surface area contributed by atoms with Gasteiger partial charge in [-0.1, -0.05) is 66.2 Å². The highest BCUT2D eigenvalue weighted by Crippen LogP contribution is 2.25. The molecule has 7 nitrogen and oxygen atoms in total. The van der Waals surface area contributed by atoms with E-state index in [0.717, 1.165) is 36.0 Å². The molecule has 0 bridgehead atoms. The Morgan fingerprint density at radius 3 is 2.27 bits per heavy atom. The normalized spacial score (nSPS) is 12.9. The number of sulfonamides is 1. The Balaban J connectivity index is 1.56. The van der Waals surface area contributed by atoms with Gasteiger partial charge in [-0.05, 0) is 80.8 Å². The molecule has 0 fully saturated rings. The summed E-state index contributed by atoms with van der Waals surface area (Å²) in [5.74, 6) is -0.861. The third kappa shape index (κ3) is 9.55. The molecule has 0 heterocycles. The smallest absolute Gasteiger partial charge is 0.303 e. The van der Waals surface area contributed by atoms with Gasteiger partial charge in [0.1, 0.15) is 0 Å². The maximum atomic E-state index is 13.3. The Hall–Kier alpha value is -3.04. The lowest BCUT2D eigenvalue weighted by Crippen LogP contribution is -2.46. The molecule has 8 heteroatoms. The van der Waals surface area contributed by atoms with E-state index >= 15 is 0 Å². The van der Waals surface area contributed by atoms with E-state index in [-0.39, 0.29) is 29.9 Å². The first kappa shape index (κ1) is 31.5. The summed E-state index contributed by atoms with van der Waals surface area (Å²) in [7, 11) is -2.35. The maximum absolute atomic E-state index is 13.3. The number of hydrogen-bond acceptors (Lipinski definition) is 5. The second kappa shape index (κ2) is 14.0. The monoisotopic (exact) mass is 566 g/mol. The summed E-state index contributed by atoms with van der Waals surface area (Å²) in [5, 5.41) is 23.0. The highest BCUT2D eigenvalue weighted by molar-refractivity contribution is 7.89. The van der Waals surface area contributed by atoms with Gasteiger partial charge in [0.2, 0.25) is 10.0 Å². The van der Waals surface area contributed by atoms with E-state index in [4.69, 9.17) is 5.11 Å². The average Bonchev–Trinajstić information content (AvgIpc) is 2.92. The molecule has 216 valence electrons. The lowest BCUT2D eigenvalue weighted by molar-refractivity contribution is -0.136. The van der Waals surface area contributed by atoms with Gasteiger partial charge in [-0.2, -0.15) is 4.31 Å². The molecule has 3 aromatic rings. The zero-order valence-electron chi connectivity index (χ0n) is 23.9. The summed E-state index contributed by atoms with van der Waals surface area (Å²) in [6.45, 7) is 6.51. The van der Waals surface area contributed by atoms with Gasteiger partial charge in [-0.25, -0.2) is 8.42 Å². The van der Waals surface area contributed by atoms with Gasteiger partial charge < -0.3 is 15.5 Å². The van der Waals surface area contributed by atoms with Crippen LogP contribution in [0.15, 0.2) is 77.7 Å². The molecule has 3 rings (SSSR count). The van der Waals surface area contributed by atoms with E-state index in [1.54, 1.807) is 18.2 Å². The first-order valence-corrected chi connectivity index (χ1v) is 15.2. The Morgan fingerprint density at radius 1 is 0.950 bits per heavy atom. The number of carboxylic acids is 1. The van der Waals surface area contributed by atoms with Crippen molar-refractivity contribution < 1.29 is 23.4 Å². The van der Waals surface area contributed by atoms with E-state index in [1.807, 2.05) is 30.3 Å². The molecule has 0 aliphatic carbocycles. The number of nitrogens with zero attached hydrogens (tertiary/aromatic N) is 1. The van der Waals surface area contributed by atoms with E-state index in [1.165, 1.54) is 22.5 Å². The fraction of sp³-hybridized carbons (Fsp3) is 0.406. The van der Waals surface area contributed by atoms with Gasteiger partial charge in [0, 0.05) is 32.1 Å². The first-order valence-electron chi connectivity index (χ1n) is 13.7. The summed E-state index contributed by atoms with van der Waals surface area (Å²) in [5.41, 5.74) is 4.77. The molecular weight excluding hydrogens is 524 g/mol. The summed E-state index contributed by atoms with van der Waals surface area (Å²) >= 11 is 0. The number of aryl methyl sites for hydroxylation is 3. The zero-order chi connectivity index (χ0) is 29.3. The van der Waals surface area contributed by atoms with Crippen LogP contribution in [-0.2, 0) is 27.7 Å². The number of hydrogen-bond donors (Lipinski definition) is 3. The predicted octanol–water partition coefficient (Wildman–Crippen LogP) is 5.05. The van der Waals surface area contributed by atoms with Crippen LogP contribution in [0.4, 0.5) is 0 Å². The molecule has 0 saturated carbocycles. The molecule has 0 saturated heterocycles. The van der Waals surface area contributed by atoms with Crippen molar-refractivity contribution in [1.82, 2.24) is 9.62 Å². The number of aliphatic hydroxyl groups excluding tert-OH is 1. The molecule has 3 N–H and O–H groups in total. The van der Waals surface area contributed by atoms with Crippen LogP contribution in [0.2, 0.25) is 0 Å². The molecular formula is C32H42N2O5S. The van der Waals surface area contributed by atoms with Crippen LogP contribution in [0.25, 0.3) is 11.1 Å². The number of benzene rings is 3. The Morgan fingerprint density at radius 2 is 1.60 bits per heavy atom. The van der Waals surface area contributed by atoms with Crippen LogP contribution >= 0.6 is 0 Å². The maximum Gasteiger partial charge on any atom is 0.303 e. The Bertz CT molecular complexity index is 1370. The van der Waals surface area contributed by atoms with Gasteiger partial charge in [0.05, 0.1) is 11.0 Å². The molecule has 0 aliphatic heterocycles. The molecule has 0 radical (unpaired) electrons. The van der Waals surface area contributed by atoms with Gasteiger partial charge >= 0.3 is 5.97 Å². The standard InChI is InChI=1S/C32H42N2O5S/c1-24-13-15-25(16-14-24)9-7-19-32(2,3)33-22-29(35)23-34(4)40(38,39)30-12-6-11-28(21-30)27-10-5-8-26(20-27)17-18-31(36)37/h5-6,8,10-16,20-21,29,33,35H,7,9,17-19,22-23H2,1-4H3,(H,36,37)/t29-/m1/s1. The number of aliphatic carboxylic acids is 1. The molecule has 1 atom stereocenters. The van der Waals surface area contributed by atoms with Crippen molar-refractivity contribution in [3.8, 4) is 11.1 Å². The lowest BCUT2D eigenvalue weighted by atomic mass is 9.95. The van der Waals surface area contributed by atoms with Gasteiger partial charge in [-0.3, -0.25) is 4.79 Å². The second-order valence-corrected chi connectivity index (χ2v) is 13.2. The largest absolute Gasteiger partial charge is 0.481 e. The van der Waals surface area contributed by atoms with E-state index in [2.05, 4.69) is 50.4 Å². The van der Waals surface area contributed by atoms with Crippen LogP contribution in [0, 0.1) is 6.92 Å². The van der Waals surface area contributed by atoms with Crippen LogP contribution in [0.3, 0.4) is 0 Å². The number of rotatable bonds is 15. The Kier molecular flexibility index (Phi) is 11.0. The molecule has 0 amide bonds. The van der Waals surface area contributed by atoms with Gasteiger partial charge in [0.15, 0.2) is 0 Å². The van der Waals surface area contributed by atoms with E-state index in [9.17, 15) is 18.3 Å². The number of carboxylic acid groups (broad SMARTS) is 1. The number of carbonyl (C=O) groups is 1. The molecule has 0 aromatic heterocycles. The third-order valence-corrected chi connectivity index (χ3v) is 8.92. The molecule has 0 aliphatic rings. The van der Waals surface area contributed by atoms with Crippen molar-refractivity contribution in [1.29, 1.82) is 0 Å². The van der Waals surface area contributed by atoms with Crippen LogP contribution < -0.4 is 5.32 Å². The molecule has 0 unspecified atom stereocenters. The van der Waals surface area contributed by atoms with Crippen molar-refractivity contribution in [2.24, 2.45) is 0 Å². The summed E-state index contributed by atoms with van der Waals surface area (Å²) in [4.78, 5) is 11.1. The average molecular weight is 567 g/mol. The number of β-amino-alcohol motifs (C(OH)–C–C–N with tert-alkyl or cyclic N) is 1. The van der Waals surface area contributed by atoms with Crippen LogP contribution in [0.5, 0.6) is 0 Å². The summed E-state index contributed by atoms with van der Waals surface area (Å²) < 4.78 is 27.8. The van der Waals surface area contributed by atoms with Gasteiger partial charge in [-0.15, -0.1) is 0 Å². The minimum Gasteiger partial charge on any atom is -0.481 e. The number of aliphatic hydroxyl groups is 1. The van der Waals surface area contributed by atoms with Crippen molar-refractivity contribution in [3.63, 3.8) is 0 Å². The van der Waals surface area contributed by atoms with Crippen molar-refractivity contribution in [2.75, 3.05) is 20.1 Å². The Labute approximate surface area is 238 Å². The lowest BCUT2D eigenvalue weighted by Gasteiger charge is -2.29. The molecule has 3 aromatic carbocycles. The van der Waals surface area contributed by atoms with Crippen LogP contribution in [-0.4, -0.2) is 60.7 Å². The quantitative estimate of drug-likeness (QED) is 0.238. The minimum atomic E-state index is -3.83. The first-order chi connectivity index (χ1) is 18.9. The fourth-order valence-corrected chi connectivity index (χ4v) is 5.86. The molecule has 0 spiro atoms. The predicted molar refractivity (Wildman–Crippen MR) is 160 cm³/mol. The highest BCUT2D eigenvalue weighted by atomic mass is 32.2. The fourth-order valence-electron chi connectivity index (χ4n) is 4.60. The minimum absolute atomic E-state index is 0.0322. The van der Waals surface area contributed by atoms with Crippen LogP contribution in [0.1, 0.15) is 49.8 Å². The second-order valence-electron chi connectivity index (χ2n) is 11.2. The van der Waals surface area contributed by atoms with Gasteiger partial charge in [0.25, 0.3) is 0 Å². The highest BCUT2D eigenvalue weighted by Gasteiger charge is 2.25. The van der Waals surface area contributed by atoms with Crippen molar-refractivity contribution >= 4 is 16.0 Å². The topological polar surface area (TPSA) is 107 Å². The number of likely N-dealkylation sites (N-methyl/N-ethyl adjacent to an activating group) is 1. The zero-order valence-corrected chi connectivity index (χ0v) is 24.7. The summed E-state index contributed by atoms with van der Waals surface area (Å²) in [6.07, 6.45) is 2.48. The number of nitrogens with one attached hydrogen (secondary N) is 1. The van der Waals surface area contributed by atoms with E-state index in [0.29, 0.717) is 6.42 Å². The SMILES string of the molecule is Cc1ccc(CCCC(C)(C)NC[C@@H](O)CN(C)S(=O)(=O)c2cccc(-c3cccc(CCC(=O)O)c3)c2)cc1. The third-order valence-electron chi connectivity index (χ3n) is 7.10.